The Labute approximate surface area is 183 Å². The van der Waals surface area contributed by atoms with Gasteiger partial charge in [-0.1, -0.05) is 42.5 Å². The molecule has 2 aromatic carbocycles. The van der Waals surface area contributed by atoms with E-state index in [-0.39, 0.29) is 28.4 Å². The molecule has 0 aliphatic carbocycles. The number of amides is 1. The van der Waals surface area contributed by atoms with Gasteiger partial charge in [-0.3, -0.25) is 19.8 Å². The molecular weight excluding hydrogens is 394 g/mol. The lowest BCUT2D eigenvalue weighted by Crippen LogP contribution is -2.38. The van der Waals surface area contributed by atoms with Crippen molar-refractivity contribution in [3.8, 4) is 0 Å². The van der Waals surface area contributed by atoms with Crippen LogP contribution >= 0.6 is 0 Å². The molecule has 166 valence electrons. The van der Waals surface area contributed by atoms with Crippen LogP contribution in [0.25, 0.3) is 0 Å². The zero-order valence-electron chi connectivity index (χ0n) is 18.5. The van der Waals surface area contributed by atoms with Crippen molar-refractivity contribution < 1.29 is 14.5 Å². The highest BCUT2D eigenvalue weighted by molar-refractivity contribution is 5.73. The summed E-state index contributed by atoms with van der Waals surface area (Å²) in [7, 11) is 1.64. The van der Waals surface area contributed by atoms with Gasteiger partial charge in [0.2, 0.25) is 5.91 Å². The molecule has 2 unspecified atom stereocenters. The normalized spacial score (nSPS) is 18.8. The van der Waals surface area contributed by atoms with Gasteiger partial charge in [-0.25, -0.2) is 0 Å². The topological polar surface area (TPSA) is 75.9 Å². The summed E-state index contributed by atoms with van der Waals surface area (Å²) in [6.45, 7) is 7.52. The fraction of sp³-hybridized carbons (Fsp3) is 0.458. The smallest absolute Gasteiger partial charge is 0.273 e. The Morgan fingerprint density at radius 3 is 2.58 bits per heavy atom. The molecule has 0 radical (unpaired) electrons. The molecule has 0 saturated carbocycles. The number of carbonyl (C=O) groups is 1. The van der Waals surface area contributed by atoms with E-state index in [2.05, 4.69) is 30.0 Å². The second-order valence-corrected chi connectivity index (χ2v) is 8.26. The lowest BCUT2D eigenvalue weighted by Gasteiger charge is -2.28. The highest BCUT2D eigenvalue weighted by Crippen LogP contribution is 2.36. The quantitative estimate of drug-likeness (QED) is 0.453. The van der Waals surface area contributed by atoms with Crippen LogP contribution in [0.5, 0.6) is 0 Å². The van der Waals surface area contributed by atoms with Crippen molar-refractivity contribution in [3.05, 3.63) is 75.3 Å². The van der Waals surface area contributed by atoms with E-state index in [0.717, 1.165) is 18.7 Å². The molecule has 0 bridgehead atoms. The first-order valence-corrected chi connectivity index (χ1v) is 10.6. The number of benzene rings is 2. The number of likely N-dealkylation sites (tertiary alicyclic amines) is 1. The van der Waals surface area contributed by atoms with E-state index >= 15 is 0 Å². The second-order valence-electron chi connectivity index (χ2n) is 8.26. The van der Waals surface area contributed by atoms with Crippen LogP contribution in [0.3, 0.4) is 0 Å². The van der Waals surface area contributed by atoms with Crippen molar-refractivity contribution in [3.63, 3.8) is 0 Å². The van der Waals surface area contributed by atoms with Gasteiger partial charge in [0.25, 0.3) is 5.69 Å². The van der Waals surface area contributed by atoms with Crippen LogP contribution in [0.15, 0.2) is 48.5 Å². The van der Waals surface area contributed by atoms with Crippen LogP contribution in [0.1, 0.15) is 29.5 Å². The molecule has 1 aliphatic rings. The van der Waals surface area contributed by atoms with Gasteiger partial charge in [0.15, 0.2) is 0 Å². The summed E-state index contributed by atoms with van der Waals surface area (Å²) in [6, 6.07) is 15.3. The summed E-state index contributed by atoms with van der Waals surface area (Å²) >= 11 is 0. The fourth-order valence-corrected chi connectivity index (χ4v) is 4.56. The van der Waals surface area contributed by atoms with Crippen molar-refractivity contribution in [2.45, 2.75) is 26.3 Å². The zero-order valence-corrected chi connectivity index (χ0v) is 18.5. The van der Waals surface area contributed by atoms with Crippen LogP contribution in [-0.4, -0.2) is 60.5 Å². The molecule has 2 atom stereocenters. The number of nitro benzene ring substituents is 1. The van der Waals surface area contributed by atoms with Crippen molar-refractivity contribution in [1.82, 2.24) is 9.80 Å². The first kappa shape index (κ1) is 22.9. The molecule has 0 spiro atoms. The van der Waals surface area contributed by atoms with Gasteiger partial charge in [-0.05, 0) is 24.0 Å². The Morgan fingerprint density at radius 1 is 1.19 bits per heavy atom. The number of ether oxygens (including phenoxy) is 1. The van der Waals surface area contributed by atoms with E-state index in [1.54, 1.807) is 26.2 Å². The van der Waals surface area contributed by atoms with Crippen molar-refractivity contribution in [2.24, 2.45) is 5.92 Å². The maximum absolute atomic E-state index is 12.2. The van der Waals surface area contributed by atoms with Crippen LogP contribution in [-0.2, 0) is 16.1 Å². The maximum Gasteiger partial charge on any atom is 0.273 e. The molecule has 0 N–H and O–H groups in total. The van der Waals surface area contributed by atoms with Crippen LogP contribution in [0.2, 0.25) is 0 Å². The van der Waals surface area contributed by atoms with Gasteiger partial charge < -0.3 is 9.64 Å². The van der Waals surface area contributed by atoms with E-state index < -0.39 is 0 Å². The minimum absolute atomic E-state index is 0.0396. The number of hydrogen-bond donors (Lipinski definition) is 0. The van der Waals surface area contributed by atoms with Gasteiger partial charge in [-0.15, -0.1) is 0 Å². The fourth-order valence-electron chi connectivity index (χ4n) is 4.56. The van der Waals surface area contributed by atoms with Crippen LogP contribution < -0.4 is 0 Å². The molecule has 1 fully saturated rings. The Kier molecular flexibility index (Phi) is 7.76. The highest BCUT2D eigenvalue weighted by Gasteiger charge is 2.36. The maximum atomic E-state index is 12.2. The van der Waals surface area contributed by atoms with E-state index in [1.807, 2.05) is 23.1 Å². The first-order chi connectivity index (χ1) is 14.9. The summed E-state index contributed by atoms with van der Waals surface area (Å²) in [5, 5.41) is 11.4. The molecule has 1 amide bonds. The third kappa shape index (κ3) is 5.68. The molecule has 3 rings (SSSR count). The predicted molar refractivity (Wildman–Crippen MR) is 120 cm³/mol. The third-order valence-electron chi connectivity index (χ3n) is 6.15. The molecule has 0 aromatic heterocycles. The minimum atomic E-state index is -0.316. The third-order valence-corrected chi connectivity index (χ3v) is 6.15. The SMILES string of the molecule is COCCN(CC1CN(Cc2ccccc2[N+](=O)[O-])CC1c1ccccc1C)C(C)=O. The zero-order chi connectivity index (χ0) is 22.4. The second kappa shape index (κ2) is 10.5. The van der Waals surface area contributed by atoms with Crippen molar-refractivity contribution >= 4 is 11.6 Å². The molecule has 7 heteroatoms. The van der Waals surface area contributed by atoms with E-state index in [1.165, 1.54) is 11.1 Å². The minimum Gasteiger partial charge on any atom is -0.383 e. The lowest BCUT2D eigenvalue weighted by atomic mass is 9.86. The molecule has 7 nitrogen and oxygen atoms in total. The number of rotatable bonds is 9. The van der Waals surface area contributed by atoms with E-state index in [9.17, 15) is 14.9 Å². The van der Waals surface area contributed by atoms with Gasteiger partial charge in [0.1, 0.15) is 0 Å². The monoisotopic (exact) mass is 425 g/mol. The van der Waals surface area contributed by atoms with Crippen LogP contribution in [0, 0.1) is 23.0 Å². The molecule has 1 heterocycles. The predicted octanol–water partition coefficient (Wildman–Crippen LogP) is 3.61. The molecular formula is C24H31N3O4. The molecule has 1 saturated heterocycles. The molecule has 31 heavy (non-hydrogen) atoms. The number of aryl methyl sites for hydroxylation is 1. The van der Waals surface area contributed by atoms with E-state index in [0.29, 0.717) is 26.2 Å². The number of nitro groups is 1. The number of methoxy groups -OCH3 is 1. The Morgan fingerprint density at radius 2 is 1.90 bits per heavy atom. The highest BCUT2D eigenvalue weighted by atomic mass is 16.6. The summed E-state index contributed by atoms with van der Waals surface area (Å²) in [4.78, 5) is 27.5. The van der Waals surface area contributed by atoms with Gasteiger partial charge in [0.05, 0.1) is 11.5 Å². The molecule has 2 aromatic rings. The summed E-state index contributed by atoms with van der Waals surface area (Å²) in [6.07, 6.45) is 0. The average Bonchev–Trinajstić information content (AvgIpc) is 3.13. The van der Waals surface area contributed by atoms with Crippen molar-refractivity contribution in [1.29, 1.82) is 0 Å². The Hall–Kier alpha value is -2.77. The largest absolute Gasteiger partial charge is 0.383 e. The standard InChI is InChI=1S/C24H31N3O4/c1-18-8-4-6-10-22(18)23-17-25(14-20-9-5-7-11-24(20)27(29)30)15-21(23)16-26(19(2)28)12-13-31-3/h4-11,21,23H,12-17H2,1-3H3. The summed E-state index contributed by atoms with van der Waals surface area (Å²) in [5.74, 6) is 0.538. The van der Waals surface area contributed by atoms with Gasteiger partial charge in [-0.2, -0.15) is 0 Å². The number of hydrogen-bond acceptors (Lipinski definition) is 5. The Bertz CT molecular complexity index is 917. The average molecular weight is 426 g/mol. The Balaban J connectivity index is 1.84. The molecule has 1 aliphatic heterocycles. The van der Waals surface area contributed by atoms with Gasteiger partial charge >= 0.3 is 0 Å². The first-order valence-electron chi connectivity index (χ1n) is 10.6. The number of para-hydroxylation sites is 1. The number of carbonyl (C=O) groups excluding carboxylic acids is 1. The van der Waals surface area contributed by atoms with E-state index in [4.69, 9.17) is 4.74 Å². The lowest BCUT2D eigenvalue weighted by molar-refractivity contribution is -0.385. The van der Waals surface area contributed by atoms with Crippen molar-refractivity contribution in [2.75, 3.05) is 39.9 Å². The number of nitrogens with zero attached hydrogens (tertiary/aromatic N) is 3. The summed E-state index contributed by atoms with van der Waals surface area (Å²) in [5.41, 5.74) is 3.40. The van der Waals surface area contributed by atoms with Crippen LogP contribution in [0.4, 0.5) is 5.69 Å². The van der Waals surface area contributed by atoms with Gasteiger partial charge in [0, 0.05) is 64.3 Å². The summed E-state index contributed by atoms with van der Waals surface area (Å²) < 4.78 is 5.19.